The van der Waals surface area contributed by atoms with E-state index in [1.807, 2.05) is 6.07 Å². The van der Waals surface area contributed by atoms with Crippen molar-refractivity contribution in [2.45, 2.75) is 53.0 Å². The van der Waals surface area contributed by atoms with Gasteiger partial charge in [0.1, 0.15) is 0 Å². The normalized spacial score (nSPS) is 12.2. The van der Waals surface area contributed by atoms with E-state index in [9.17, 15) is 4.79 Å². The van der Waals surface area contributed by atoms with Crippen molar-refractivity contribution < 1.29 is 4.79 Å². The van der Waals surface area contributed by atoms with E-state index in [0.717, 1.165) is 31.5 Å². The second kappa shape index (κ2) is 8.56. The first-order valence-electron chi connectivity index (χ1n) is 7.62. The topological polar surface area (TPSA) is 54.0 Å². The Hall–Kier alpha value is -1.58. The number of carbonyl (C=O) groups is 1. The summed E-state index contributed by atoms with van der Waals surface area (Å²) in [4.78, 5) is 16.5. The van der Waals surface area contributed by atoms with Gasteiger partial charge in [-0.25, -0.2) is 0 Å². The predicted molar refractivity (Wildman–Crippen MR) is 84.0 cm³/mol. The molecule has 1 rings (SSSR count). The van der Waals surface area contributed by atoms with Crippen LogP contribution < -0.4 is 10.6 Å². The van der Waals surface area contributed by atoms with Crippen molar-refractivity contribution >= 4 is 11.6 Å². The number of pyridine rings is 1. The van der Waals surface area contributed by atoms with Crippen molar-refractivity contribution in [2.24, 2.45) is 5.92 Å². The highest BCUT2D eigenvalue weighted by atomic mass is 16.1. The third kappa shape index (κ3) is 4.51. The smallest absolute Gasteiger partial charge is 0.255 e. The molecule has 0 bridgehead atoms. The lowest BCUT2D eigenvalue weighted by Crippen LogP contribution is -2.38. The van der Waals surface area contributed by atoms with Crippen molar-refractivity contribution in [3.63, 3.8) is 0 Å². The molecule has 1 aromatic rings. The lowest BCUT2D eigenvalue weighted by Gasteiger charge is -2.23. The Bertz CT molecular complexity index is 416. The van der Waals surface area contributed by atoms with E-state index in [0.29, 0.717) is 11.5 Å². The van der Waals surface area contributed by atoms with Crippen LogP contribution in [-0.4, -0.2) is 23.5 Å². The number of carbonyl (C=O) groups excluding carboxylic acids is 1. The molecule has 1 aromatic heterocycles. The monoisotopic (exact) mass is 277 g/mol. The molecule has 2 N–H and O–H groups in total. The van der Waals surface area contributed by atoms with Crippen LogP contribution in [0.5, 0.6) is 0 Å². The molecule has 0 radical (unpaired) electrons. The first-order chi connectivity index (χ1) is 9.63. The van der Waals surface area contributed by atoms with Crippen LogP contribution in [0, 0.1) is 5.92 Å². The molecule has 20 heavy (non-hydrogen) atoms. The minimum Gasteiger partial charge on any atom is -0.384 e. The van der Waals surface area contributed by atoms with E-state index >= 15 is 0 Å². The molecule has 0 fully saturated rings. The van der Waals surface area contributed by atoms with Gasteiger partial charge in [-0.05, 0) is 25.3 Å². The van der Waals surface area contributed by atoms with E-state index < -0.39 is 0 Å². The number of rotatable bonds is 8. The minimum absolute atomic E-state index is 0.0453. The van der Waals surface area contributed by atoms with E-state index in [1.54, 1.807) is 12.4 Å². The Kier molecular flexibility index (Phi) is 7.05. The van der Waals surface area contributed by atoms with Crippen LogP contribution in [0.1, 0.15) is 57.3 Å². The first-order valence-corrected chi connectivity index (χ1v) is 7.62. The summed E-state index contributed by atoms with van der Waals surface area (Å²) in [6.45, 7) is 9.35. The summed E-state index contributed by atoms with van der Waals surface area (Å²) in [5.74, 6) is 0.471. The Balaban J connectivity index is 2.76. The molecular formula is C16H27N3O. The highest BCUT2D eigenvalue weighted by Gasteiger charge is 2.18. The second-order valence-corrected chi connectivity index (χ2v) is 5.19. The summed E-state index contributed by atoms with van der Waals surface area (Å²) in [5, 5.41) is 6.37. The summed E-state index contributed by atoms with van der Waals surface area (Å²) in [7, 11) is 0. The van der Waals surface area contributed by atoms with E-state index in [4.69, 9.17) is 0 Å². The Morgan fingerprint density at radius 3 is 2.60 bits per heavy atom. The van der Waals surface area contributed by atoms with Gasteiger partial charge in [-0.1, -0.05) is 33.6 Å². The summed E-state index contributed by atoms with van der Waals surface area (Å²) in [5.41, 5.74) is 1.48. The molecule has 0 spiro atoms. The van der Waals surface area contributed by atoms with Crippen LogP contribution >= 0.6 is 0 Å². The van der Waals surface area contributed by atoms with Crippen molar-refractivity contribution in [2.75, 3.05) is 11.9 Å². The Morgan fingerprint density at radius 1 is 1.30 bits per heavy atom. The van der Waals surface area contributed by atoms with Gasteiger partial charge in [0.15, 0.2) is 0 Å². The van der Waals surface area contributed by atoms with Crippen molar-refractivity contribution in [3.8, 4) is 0 Å². The van der Waals surface area contributed by atoms with Gasteiger partial charge in [0.25, 0.3) is 5.91 Å². The quantitative estimate of drug-likeness (QED) is 0.765. The zero-order valence-electron chi connectivity index (χ0n) is 13.1. The molecule has 0 aliphatic carbocycles. The highest BCUT2D eigenvalue weighted by molar-refractivity contribution is 5.99. The number of hydrogen-bond acceptors (Lipinski definition) is 3. The Labute approximate surface area is 122 Å². The molecule has 0 aliphatic heterocycles. The number of anilines is 1. The van der Waals surface area contributed by atoms with Gasteiger partial charge < -0.3 is 10.6 Å². The maximum absolute atomic E-state index is 12.4. The number of aromatic nitrogens is 1. The fourth-order valence-electron chi connectivity index (χ4n) is 2.39. The fourth-order valence-corrected chi connectivity index (χ4v) is 2.39. The SMILES string of the molecule is CCCNc1ccncc1C(=O)NC(C)C(CC)CC. The number of amides is 1. The van der Waals surface area contributed by atoms with Gasteiger partial charge in [-0.2, -0.15) is 0 Å². The molecule has 0 saturated carbocycles. The van der Waals surface area contributed by atoms with Gasteiger partial charge in [0.05, 0.1) is 11.3 Å². The van der Waals surface area contributed by atoms with Crippen LogP contribution in [0.2, 0.25) is 0 Å². The van der Waals surface area contributed by atoms with Crippen molar-refractivity contribution in [3.05, 3.63) is 24.0 Å². The molecule has 4 heteroatoms. The van der Waals surface area contributed by atoms with Crippen LogP contribution in [-0.2, 0) is 0 Å². The average Bonchev–Trinajstić information content (AvgIpc) is 2.46. The zero-order valence-corrected chi connectivity index (χ0v) is 13.1. The molecule has 1 atom stereocenters. The van der Waals surface area contributed by atoms with Crippen LogP contribution in [0.4, 0.5) is 5.69 Å². The highest BCUT2D eigenvalue weighted by Crippen LogP contribution is 2.16. The van der Waals surface area contributed by atoms with E-state index in [1.165, 1.54) is 0 Å². The zero-order chi connectivity index (χ0) is 15.0. The van der Waals surface area contributed by atoms with Gasteiger partial charge in [0, 0.05) is 25.0 Å². The van der Waals surface area contributed by atoms with Crippen molar-refractivity contribution in [1.29, 1.82) is 0 Å². The van der Waals surface area contributed by atoms with Crippen LogP contribution in [0.25, 0.3) is 0 Å². The Morgan fingerprint density at radius 2 is 2.00 bits per heavy atom. The number of nitrogens with zero attached hydrogens (tertiary/aromatic N) is 1. The molecule has 0 saturated heterocycles. The van der Waals surface area contributed by atoms with Gasteiger partial charge in [-0.15, -0.1) is 0 Å². The van der Waals surface area contributed by atoms with Crippen LogP contribution in [0.3, 0.4) is 0 Å². The van der Waals surface area contributed by atoms with Gasteiger partial charge in [-0.3, -0.25) is 9.78 Å². The minimum atomic E-state index is -0.0453. The molecule has 0 aliphatic rings. The number of nitrogens with one attached hydrogen (secondary N) is 2. The molecule has 1 unspecified atom stereocenters. The fraction of sp³-hybridized carbons (Fsp3) is 0.625. The second-order valence-electron chi connectivity index (χ2n) is 5.19. The maximum Gasteiger partial charge on any atom is 0.255 e. The van der Waals surface area contributed by atoms with Gasteiger partial charge in [0.2, 0.25) is 0 Å². The summed E-state index contributed by atoms with van der Waals surface area (Å²) < 4.78 is 0. The summed E-state index contributed by atoms with van der Waals surface area (Å²) in [6, 6.07) is 2.03. The predicted octanol–water partition coefficient (Wildman–Crippen LogP) is 3.46. The lowest BCUT2D eigenvalue weighted by atomic mass is 9.95. The summed E-state index contributed by atoms with van der Waals surface area (Å²) >= 11 is 0. The number of hydrogen-bond donors (Lipinski definition) is 2. The molecular weight excluding hydrogens is 250 g/mol. The van der Waals surface area contributed by atoms with Gasteiger partial charge >= 0.3 is 0 Å². The van der Waals surface area contributed by atoms with E-state index in [2.05, 4.69) is 43.3 Å². The average molecular weight is 277 g/mol. The van der Waals surface area contributed by atoms with E-state index in [-0.39, 0.29) is 11.9 Å². The molecule has 4 nitrogen and oxygen atoms in total. The third-order valence-electron chi connectivity index (χ3n) is 3.75. The van der Waals surface area contributed by atoms with Crippen molar-refractivity contribution in [1.82, 2.24) is 10.3 Å². The standard InChI is InChI=1S/C16H27N3O/c1-5-9-18-15-8-10-17-11-14(15)16(20)19-12(4)13(6-2)7-3/h8,10-13H,5-7,9H2,1-4H3,(H,17,18)(H,19,20). The third-order valence-corrected chi connectivity index (χ3v) is 3.75. The molecule has 112 valence electrons. The largest absolute Gasteiger partial charge is 0.384 e. The maximum atomic E-state index is 12.4. The molecule has 0 aromatic carbocycles. The molecule has 1 heterocycles. The first kappa shape index (κ1) is 16.5. The molecule has 1 amide bonds. The lowest BCUT2D eigenvalue weighted by molar-refractivity contribution is 0.0925. The van der Waals surface area contributed by atoms with Crippen LogP contribution in [0.15, 0.2) is 18.5 Å². The summed E-state index contributed by atoms with van der Waals surface area (Å²) in [6.07, 6.45) is 6.51.